The van der Waals surface area contributed by atoms with E-state index in [4.69, 9.17) is 4.74 Å². The standard InChI is InChI=1S/C23H41N3O5/c1-5-17(4)21-23(30)31-15-11-14-24-18(27)12-9-7-6-8-10-13-19(28)25-20(16(2)3)22(29)26-21/h16-17,20-21H,5-15H2,1-4H3,(H,24,27)(H,25,28)(H,26,29)/t17-,20-,21-/m0/s1. The third kappa shape index (κ3) is 10.6. The second-order valence-corrected chi connectivity index (χ2v) is 8.80. The molecule has 1 fully saturated rings. The molecule has 1 saturated heterocycles. The van der Waals surface area contributed by atoms with Crippen molar-refractivity contribution < 1.29 is 23.9 Å². The molecule has 1 heterocycles. The van der Waals surface area contributed by atoms with E-state index in [2.05, 4.69) is 16.0 Å². The summed E-state index contributed by atoms with van der Waals surface area (Å²) < 4.78 is 5.37. The number of amides is 3. The summed E-state index contributed by atoms with van der Waals surface area (Å²) >= 11 is 0. The molecule has 0 bridgehead atoms. The van der Waals surface area contributed by atoms with Gasteiger partial charge < -0.3 is 20.7 Å². The van der Waals surface area contributed by atoms with Crippen molar-refractivity contribution in [3.63, 3.8) is 0 Å². The summed E-state index contributed by atoms with van der Waals surface area (Å²) in [5, 5.41) is 8.48. The minimum absolute atomic E-state index is 0.00424. The van der Waals surface area contributed by atoms with Gasteiger partial charge in [-0.05, 0) is 31.1 Å². The highest BCUT2D eigenvalue weighted by molar-refractivity contribution is 5.91. The molecule has 8 nitrogen and oxygen atoms in total. The Balaban J connectivity index is 2.86. The smallest absolute Gasteiger partial charge is 0.328 e. The van der Waals surface area contributed by atoms with Gasteiger partial charge in [0.05, 0.1) is 6.61 Å². The van der Waals surface area contributed by atoms with Crippen LogP contribution in [0.25, 0.3) is 0 Å². The summed E-state index contributed by atoms with van der Waals surface area (Å²) in [6.07, 6.45) is 6.44. The zero-order valence-corrected chi connectivity index (χ0v) is 19.6. The highest BCUT2D eigenvalue weighted by Crippen LogP contribution is 2.13. The Morgan fingerprint density at radius 1 is 0.839 bits per heavy atom. The molecule has 0 spiro atoms. The Bertz CT molecular complexity index is 594. The number of rotatable bonds is 3. The number of nitrogens with one attached hydrogen (secondary N) is 3. The third-order valence-corrected chi connectivity index (χ3v) is 5.73. The molecule has 0 aromatic heterocycles. The Morgan fingerprint density at radius 2 is 1.45 bits per heavy atom. The number of hydrogen-bond acceptors (Lipinski definition) is 5. The summed E-state index contributed by atoms with van der Waals surface area (Å²) in [6.45, 7) is 8.19. The highest BCUT2D eigenvalue weighted by atomic mass is 16.5. The monoisotopic (exact) mass is 439 g/mol. The number of esters is 1. The Hall–Kier alpha value is -2.12. The van der Waals surface area contributed by atoms with Crippen LogP contribution in [0.2, 0.25) is 0 Å². The summed E-state index contributed by atoms with van der Waals surface area (Å²) in [6, 6.07) is -1.48. The van der Waals surface area contributed by atoms with Gasteiger partial charge in [-0.2, -0.15) is 0 Å². The topological polar surface area (TPSA) is 114 Å². The number of ether oxygens (including phenoxy) is 1. The fourth-order valence-electron chi connectivity index (χ4n) is 3.45. The van der Waals surface area contributed by atoms with Crippen molar-refractivity contribution in [2.24, 2.45) is 11.8 Å². The number of hydrogen-bond donors (Lipinski definition) is 3. The molecule has 0 aromatic rings. The van der Waals surface area contributed by atoms with Crippen molar-refractivity contribution in [1.29, 1.82) is 0 Å². The van der Waals surface area contributed by atoms with Crippen molar-refractivity contribution in [3.8, 4) is 0 Å². The summed E-state index contributed by atoms with van der Waals surface area (Å²) in [5.41, 5.74) is 0. The normalized spacial score (nSPS) is 25.1. The van der Waals surface area contributed by atoms with Gasteiger partial charge in [0.15, 0.2) is 0 Å². The van der Waals surface area contributed by atoms with E-state index in [1.165, 1.54) is 0 Å². The van der Waals surface area contributed by atoms with Gasteiger partial charge in [0.1, 0.15) is 12.1 Å². The molecule has 178 valence electrons. The van der Waals surface area contributed by atoms with Crippen LogP contribution in [0, 0.1) is 11.8 Å². The number of carbonyl (C=O) groups excluding carboxylic acids is 4. The molecule has 0 aromatic carbocycles. The zero-order chi connectivity index (χ0) is 23.2. The van der Waals surface area contributed by atoms with Crippen LogP contribution in [-0.2, 0) is 23.9 Å². The van der Waals surface area contributed by atoms with Crippen LogP contribution < -0.4 is 16.0 Å². The molecule has 3 amide bonds. The van der Waals surface area contributed by atoms with Gasteiger partial charge in [-0.25, -0.2) is 4.79 Å². The Labute approximate surface area is 186 Å². The maximum absolute atomic E-state index is 12.9. The van der Waals surface area contributed by atoms with Crippen molar-refractivity contribution in [2.45, 2.75) is 97.6 Å². The first kappa shape index (κ1) is 26.9. The molecule has 0 unspecified atom stereocenters. The lowest BCUT2D eigenvalue weighted by Gasteiger charge is -2.27. The summed E-state index contributed by atoms with van der Waals surface area (Å²) in [7, 11) is 0. The van der Waals surface area contributed by atoms with Crippen LogP contribution in [0.3, 0.4) is 0 Å². The number of carbonyl (C=O) groups is 4. The van der Waals surface area contributed by atoms with Gasteiger partial charge in [0.25, 0.3) is 0 Å². The predicted octanol–water partition coefficient (Wildman–Crippen LogP) is 2.45. The molecule has 3 N–H and O–H groups in total. The van der Waals surface area contributed by atoms with E-state index >= 15 is 0 Å². The van der Waals surface area contributed by atoms with E-state index in [1.807, 2.05) is 27.7 Å². The maximum atomic E-state index is 12.9. The average Bonchev–Trinajstić information content (AvgIpc) is 2.73. The first-order valence-corrected chi connectivity index (χ1v) is 11.8. The van der Waals surface area contributed by atoms with Crippen LogP contribution in [0.1, 0.15) is 85.5 Å². The fraction of sp³-hybridized carbons (Fsp3) is 0.826. The Kier molecular flexibility index (Phi) is 12.9. The van der Waals surface area contributed by atoms with Crippen LogP contribution >= 0.6 is 0 Å². The van der Waals surface area contributed by atoms with E-state index < -0.39 is 18.1 Å². The highest BCUT2D eigenvalue weighted by Gasteiger charge is 2.32. The van der Waals surface area contributed by atoms with Crippen LogP contribution in [0.4, 0.5) is 0 Å². The summed E-state index contributed by atoms with van der Waals surface area (Å²) in [4.78, 5) is 49.8. The van der Waals surface area contributed by atoms with Crippen LogP contribution in [-0.4, -0.2) is 48.9 Å². The molecule has 0 saturated carbocycles. The molecule has 31 heavy (non-hydrogen) atoms. The lowest BCUT2D eigenvalue weighted by molar-refractivity contribution is -0.150. The van der Waals surface area contributed by atoms with Crippen molar-refractivity contribution in [3.05, 3.63) is 0 Å². The third-order valence-electron chi connectivity index (χ3n) is 5.73. The minimum atomic E-state index is -0.782. The van der Waals surface area contributed by atoms with Gasteiger partial charge in [0.2, 0.25) is 17.7 Å². The SMILES string of the molecule is CC[C@H](C)[C@@H]1NC(=O)[C@H](C(C)C)NC(=O)CCCCCCCC(=O)NCCCOC1=O. The molecule has 1 aliphatic heterocycles. The molecule has 0 radical (unpaired) electrons. The molecule has 1 aliphatic rings. The molecular formula is C23H41N3O5. The maximum Gasteiger partial charge on any atom is 0.328 e. The fourth-order valence-corrected chi connectivity index (χ4v) is 3.45. The van der Waals surface area contributed by atoms with Crippen molar-refractivity contribution >= 4 is 23.7 Å². The van der Waals surface area contributed by atoms with Gasteiger partial charge in [-0.15, -0.1) is 0 Å². The van der Waals surface area contributed by atoms with Crippen LogP contribution in [0.5, 0.6) is 0 Å². The van der Waals surface area contributed by atoms with Gasteiger partial charge in [-0.3, -0.25) is 14.4 Å². The zero-order valence-electron chi connectivity index (χ0n) is 19.6. The summed E-state index contributed by atoms with van der Waals surface area (Å²) in [5.74, 6) is -1.24. The van der Waals surface area contributed by atoms with Crippen LogP contribution in [0.15, 0.2) is 0 Å². The first-order valence-electron chi connectivity index (χ1n) is 11.8. The van der Waals surface area contributed by atoms with Crippen molar-refractivity contribution in [1.82, 2.24) is 16.0 Å². The van der Waals surface area contributed by atoms with E-state index in [9.17, 15) is 19.2 Å². The van der Waals surface area contributed by atoms with Gasteiger partial charge in [-0.1, -0.05) is 53.4 Å². The molecule has 8 heteroatoms. The number of cyclic esters (lactones) is 1. The van der Waals surface area contributed by atoms with E-state index in [0.29, 0.717) is 32.2 Å². The van der Waals surface area contributed by atoms with Gasteiger partial charge in [0, 0.05) is 19.4 Å². The predicted molar refractivity (Wildman–Crippen MR) is 119 cm³/mol. The van der Waals surface area contributed by atoms with E-state index in [1.54, 1.807) is 0 Å². The minimum Gasteiger partial charge on any atom is -0.464 e. The van der Waals surface area contributed by atoms with E-state index in [-0.39, 0.29) is 36.2 Å². The quantitative estimate of drug-likeness (QED) is 0.585. The second-order valence-electron chi connectivity index (χ2n) is 8.80. The molecular weight excluding hydrogens is 398 g/mol. The average molecular weight is 440 g/mol. The lowest BCUT2D eigenvalue weighted by atomic mass is 9.97. The largest absolute Gasteiger partial charge is 0.464 e. The lowest BCUT2D eigenvalue weighted by Crippen LogP contribution is -2.55. The van der Waals surface area contributed by atoms with E-state index in [0.717, 1.165) is 32.1 Å². The van der Waals surface area contributed by atoms with Gasteiger partial charge >= 0.3 is 5.97 Å². The molecule has 0 aliphatic carbocycles. The van der Waals surface area contributed by atoms with Crippen molar-refractivity contribution in [2.75, 3.05) is 13.2 Å². The molecule has 1 rings (SSSR count). The first-order chi connectivity index (χ1) is 14.8. The Morgan fingerprint density at radius 3 is 2.06 bits per heavy atom. The molecule has 3 atom stereocenters. The second kappa shape index (κ2) is 14.8.